The third-order valence-corrected chi connectivity index (χ3v) is 5.44. The Bertz CT molecular complexity index is 1170. The summed E-state index contributed by atoms with van der Waals surface area (Å²) < 4.78 is 29.6. The number of carbonyl (C=O) groups is 1. The topological polar surface area (TPSA) is 85.8 Å². The molecular formula is C23H22ClFN4O4. The Hall–Kier alpha value is -3.43. The van der Waals surface area contributed by atoms with E-state index in [-0.39, 0.29) is 16.9 Å². The van der Waals surface area contributed by atoms with Crippen LogP contribution in [0.2, 0.25) is 5.02 Å². The number of ether oxygens (including phenoxy) is 3. The van der Waals surface area contributed by atoms with Crippen molar-refractivity contribution in [3.05, 3.63) is 59.0 Å². The van der Waals surface area contributed by atoms with Gasteiger partial charge in [0.05, 0.1) is 43.7 Å². The summed E-state index contributed by atoms with van der Waals surface area (Å²) in [5, 5.41) is 2.98. The fourth-order valence-electron chi connectivity index (χ4n) is 3.44. The normalized spacial score (nSPS) is 13.5. The highest BCUT2D eigenvalue weighted by Gasteiger charge is 2.24. The first-order valence-electron chi connectivity index (χ1n) is 10.2. The van der Waals surface area contributed by atoms with Crippen LogP contribution in [0, 0.1) is 5.82 Å². The molecule has 2 heterocycles. The molecule has 4 rings (SSSR count). The average molecular weight is 473 g/mol. The number of hydrogen-bond acceptors (Lipinski definition) is 7. The Morgan fingerprint density at radius 3 is 2.58 bits per heavy atom. The molecule has 172 valence electrons. The molecular weight excluding hydrogens is 451 g/mol. The van der Waals surface area contributed by atoms with Crippen molar-refractivity contribution in [3.63, 3.8) is 0 Å². The van der Waals surface area contributed by atoms with Crippen LogP contribution in [-0.2, 0) is 4.74 Å². The quantitative estimate of drug-likeness (QED) is 0.576. The summed E-state index contributed by atoms with van der Waals surface area (Å²) in [5.74, 6) is 0.551. The van der Waals surface area contributed by atoms with Crippen molar-refractivity contribution in [3.8, 4) is 22.8 Å². The summed E-state index contributed by atoms with van der Waals surface area (Å²) in [6.45, 7) is 1.92. The van der Waals surface area contributed by atoms with Crippen molar-refractivity contribution in [2.24, 2.45) is 0 Å². The maximum Gasteiger partial charge on any atom is 0.257 e. The lowest BCUT2D eigenvalue weighted by Gasteiger charge is -2.27. The minimum absolute atomic E-state index is 0.0285. The molecule has 8 nitrogen and oxygen atoms in total. The molecule has 1 amide bonds. The van der Waals surface area contributed by atoms with Gasteiger partial charge in [-0.15, -0.1) is 0 Å². The van der Waals surface area contributed by atoms with Crippen LogP contribution < -0.4 is 14.8 Å². The van der Waals surface area contributed by atoms with Crippen molar-refractivity contribution < 1.29 is 23.4 Å². The van der Waals surface area contributed by atoms with Gasteiger partial charge in [0, 0.05) is 30.5 Å². The number of amides is 1. The zero-order valence-corrected chi connectivity index (χ0v) is 18.9. The van der Waals surface area contributed by atoms with Gasteiger partial charge < -0.3 is 24.4 Å². The number of aromatic nitrogens is 2. The van der Waals surface area contributed by atoms with E-state index in [1.165, 1.54) is 31.5 Å². The summed E-state index contributed by atoms with van der Waals surface area (Å²) in [6.07, 6.45) is 1.48. The van der Waals surface area contributed by atoms with Gasteiger partial charge in [-0.25, -0.2) is 14.4 Å². The minimum atomic E-state index is -0.527. The fourth-order valence-corrected chi connectivity index (χ4v) is 3.62. The van der Waals surface area contributed by atoms with Crippen LogP contribution >= 0.6 is 11.6 Å². The number of benzene rings is 2. The van der Waals surface area contributed by atoms with Gasteiger partial charge in [-0.2, -0.15) is 0 Å². The SMILES string of the molecule is COc1ccc(-c2nc(Nc3ccc(F)c(Cl)c3)ncc2C(=O)N2CCOCC2)cc1OC. The number of methoxy groups -OCH3 is 2. The number of hydrogen-bond donors (Lipinski definition) is 1. The number of morpholine rings is 1. The predicted octanol–water partition coefficient (Wildman–Crippen LogP) is 4.17. The first-order chi connectivity index (χ1) is 16.0. The molecule has 1 aliphatic rings. The number of nitrogens with one attached hydrogen (secondary N) is 1. The Kier molecular flexibility index (Phi) is 6.90. The van der Waals surface area contributed by atoms with Crippen molar-refractivity contribution in [1.29, 1.82) is 0 Å². The summed E-state index contributed by atoms with van der Waals surface area (Å²) in [4.78, 5) is 23.9. The highest BCUT2D eigenvalue weighted by molar-refractivity contribution is 6.31. The maximum atomic E-state index is 13.5. The Labute approximate surface area is 195 Å². The summed E-state index contributed by atoms with van der Waals surface area (Å²) >= 11 is 5.88. The van der Waals surface area contributed by atoms with Crippen LogP contribution in [0.1, 0.15) is 10.4 Å². The molecule has 0 atom stereocenters. The molecule has 0 bridgehead atoms. The summed E-state index contributed by atoms with van der Waals surface area (Å²) in [7, 11) is 3.08. The third kappa shape index (κ3) is 4.99. The lowest BCUT2D eigenvalue weighted by Crippen LogP contribution is -2.41. The Balaban J connectivity index is 1.76. The van der Waals surface area contributed by atoms with E-state index >= 15 is 0 Å². The van der Waals surface area contributed by atoms with Crippen LogP contribution in [0.5, 0.6) is 11.5 Å². The van der Waals surface area contributed by atoms with Crippen LogP contribution in [0.3, 0.4) is 0 Å². The highest BCUT2D eigenvalue weighted by atomic mass is 35.5. The lowest BCUT2D eigenvalue weighted by atomic mass is 10.1. The van der Waals surface area contributed by atoms with Gasteiger partial charge >= 0.3 is 0 Å². The molecule has 0 radical (unpaired) electrons. The molecule has 0 spiro atoms. The van der Waals surface area contributed by atoms with Crippen molar-refractivity contribution >= 4 is 29.1 Å². The molecule has 33 heavy (non-hydrogen) atoms. The Morgan fingerprint density at radius 1 is 1.12 bits per heavy atom. The van der Waals surface area contributed by atoms with Gasteiger partial charge in [0.15, 0.2) is 11.5 Å². The van der Waals surface area contributed by atoms with E-state index in [4.69, 9.17) is 25.8 Å². The van der Waals surface area contributed by atoms with Gasteiger partial charge in [0.1, 0.15) is 5.82 Å². The molecule has 1 N–H and O–H groups in total. The maximum absolute atomic E-state index is 13.5. The number of carbonyl (C=O) groups excluding carboxylic acids is 1. The average Bonchev–Trinajstić information content (AvgIpc) is 2.86. The van der Waals surface area contributed by atoms with Crippen LogP contribution in [0.4, 0.5) is 16.0 Å². The molecule has 10 heteroatoms. The number of anilines is 2. The molecule has 1 saturated heterocycles. The number of halogens is 2. The summed E-state index contributed by atoms with van der Waals surface area (Å²) in [6, 6.07) is 9.48. The first-order valence-corrected chi connectivity index (χ1v) is 10.6. The molecule has 1 aliphatic heterocycles. The van der Waals surface area contributed by atoms with Crippen LogP contribution in [0.15, 0.2) is 42.6 Å². The zero-order chi connectivity index (χ0) is 23.4. The highest BCUT2D eigenvalue weighted by Crippen LogP contribution is 2.34. The van der Waals surface area contributed by atoms with Crippen LogP contribution in [-0.4, -0.2) is 61.3 Å². The third-order valence-electron chi connectivity index (χ3n) is 5.15. The fraction of sp³-hybridized carbons (Fsp3) is 0.261. The van der Waals surface area contributed by atoms with Gasteiger partial charge in [-0.3, -0.25) is 4.79 Å². The number of nitrogens with zero attached hydrogens (tertiary/aromatic N) is 3. The minimum Gasteiger partial charge on any atom is -0.493 e. The Morgan fingerprint density at radius 2 is 1.88 bits per heavy atom. The summed E-state index contributed by atoms with van der Waals surface area (Å²) in [5.41, 5.74) is 1.91. The molecule has 1 aromatic heterocycles. The van der Waals surface area contributed by atoms with E-state index in [1.54, 1.807) is 30.2 Å². The van der Waals surface area contributed by atoms with Gasteiger partial charge in [-0.1, -0.05) is 11.6 Å². The monoisotopic (exact) mass is 472 g/mol. The molecule has 0 saturated carbocycles. The van der Waals surface area contributed by atoms with Crippen molar-refractivity contribution in [2.45, 2.75) is 0 Å². The molecule has 2 aromatic carbocycles. The first kappa shape index (κ1) is 22.8. The van der Waals surface area contributed by atoms with Crippen molar-refractivity contribution in [1.82, 2.24) is 14.9 Å². The largest absolute Gasteiger partial charge is 0.493 e. The van der Waals surface area contributed by atoms with Crippen molar-refractivity contribution in [2.75, 3.05) is 45.8 Å². The standard InChI is InChI=1S/C23H22ClFN4O4/c1-31-19-6-3-14(11-20(19)32-2)21-16(22(30)29-7-9-33-10-8-29)13-26-23(28-21)27-15-4-5-18(25)17(24)12-15/h3-6,11-13H,7-10H2,1-2H3,(H,26,27,28). The van der Waals surface area contributed by atoms with Crippen LogP contribution in [0.25, 0.3) is 11.3 Å². The molecule has 3 aromatic rings. The smallest absolute Gasteiger partial charge is 0.257 e. The van der Waals surface area contributed by atoms with E-state index in [1.807, 2.05) is 0 Å². The predicted molar refractivity (Wildman–Crippen MR) is 122 cm³/mol. The second kappa shape index (κ2) is 10.0. The second-order valence-corrected chi connectivity index (χ2v) is 7.59. The second-order valence-electron chi connectivity index (χ2n) is 7.18. The van der Waals surface area contributed by atoms with Gasteiger partial charge in [0.2, 0.25) is 5.95 Å². The van der Waals surface area contributed by atoms with E-state index in [0.717, 1.165) is 0 Å². The zero-order valence-electron chi connectivity index (χ0n) is 18.1. The molecule has 1 fully saturated rings. The number of rotatable bonds is 6. The molecule has 0 unspecified atom stereocenters. The van der Waals surface area contributed by atoms with Gasteiger partial charge in [-0.05, 0) is 36.4 Å². The van der Waals surface area contributed by atoms with Gasteiger partial charge in [0.25, 0.3) is 5.91 Å². The lowest BCUT2D eigenvalue weighted by molar-refractivity contribution is 0.0303. The van der Waals surface area contributed by atoms with E-state index in [0.29, 0.717) is 60.3 Å². The molecule has 0 aliphatic carbocycles. The van der Waals surface area contributed by atoms with E-state index in [9.17, 15) is 9.18 Å². The van der Waals surface area contributed by atoms with E-state index < -0.39 is 5.82 Å². The van der Waals surface area contributed by atoms with E-state index in [2.05, 4.69) is 15.3 Å².